The molecule has 10 nitrogen and oxygen atoms in total. The van der Waals surface area contributed by atoms with E-state index in [2.05, 4.69) is 53.3 Å². The molecule has 10 heteroatoms. The number of carbonyl (C=O) groups excluding carboxylic acids is 2. The maximum atomic E-state index is 13.1. The summed E-state index contributed by atoms with van der Waals surface area (Å²) >= 11 is 0. The molecule has 0 radical (unpaired) electrons. The van der Waals surface area contributed by atoms with Gasteiger partial charge in [-0.15, -0.1) is 0 Å². The van der Waals surface area contributed by atoms with E-state index in [4.69, 9.17) is 19.4 Å². The molecule has 0 saturated carbocycles. The lowest BCUT2D eigenvalue weighted by Crippen LogP contribution is -2.40. The molecule has 0 unspecified atom stereocenters. The summed E-state index contributed by atoms with van der Waals surface area (Å²) in [5, 5.41) is 0. The molecule has 2 saturated heterocycles. The number of hydrogen-bond donors (Lipinski definition) is 2. The van der Waals surface area contributed by atoms with Gasteiger partial charge in [-0.1, -0.05) is 36.4 Å². The Bertz CT molecular complexity index is 1860. The number of nitrogens with one attached hydrogen (secondary N) is 2. The number of imidazole rings is 2. The Morgan fingerprint density at radius 2 is 1.29 bits per heavy atom. The Hall–Kier alpha value is -4.60. The van der Waals surface area contributed by atoms with E-state index >= 15 is 0 Å². The van der Waals surface area contributed by atoms with Crippen LogP contribution in [0.25, 0.3) is 33.6 Å². The molecule has 2 aromatic carbocycles. The van der Waals surface area contributed by atoms with Gasteiger partial charge in [-0.3, -0.25) is 9.80 Å². The van der Waals surface area contributed by atoms with Crippen molar-refractivity contribution in [2.75, 3.05) is 6.54 Å². The number of ether oxygens (including phenoxy) is 2. The van der Waals surface area contributed by atoms with Crippen molar-refractivity contribution in [1.82, 2.24) is 29.7 Å². The monoisotopic (exact) mass is 664 g/mol. The predicted molar refractivity (Wildman–Crippen MR) is 189 cm³/mol. The summed E-state index contributed by atoms with van der Waals surface area (Å²) in [4.78, 5) is 46.2. The van der Waals surface area contributed by atoms with Crippen LogP contribution < -0.4 is 0 Å². The van der Waals surface area contributed by atoms with E-state index in [1.54, 1.807) is 4.90 Å². The minimum Gasteiger partial charge on any atom is -0.444 e. The van der Waals surface area contributed by atoms with Crippen LogP contribution in [0.3, 0.4) is 0 Å². The Morgan fingerprint density at radius 1 is 0.714 bits per heavy atom. The molecule has 258 valence electrons. The molecule has 2 N–H and O–H groups in total. The lowest BCUT2D eigenvalue weighted by molar-refractivity contribution is 0.0150. The molecule has 0 bridgehead atoms. The Labute approximate surface area is 288 Å². The molecule has 4 heterocycles. The highest BCUT2D eigenvalue weighted by Crippen LogP contribution is 2.42. The van der Waals surface area contributed by atoms with Crippen molar-refractivity contribution in [3.05, 3.63) is 71.6 Å². The van der Waals surface area contributed by atoms with Crippen LogP contribution in [-0.2, 0) is 22.3 Å². The number of aromatic nitrogens is 4. The summed E-state index contributed by atoms with van der Waals surface area (Å²) in [6.45, 7) is 14.1. The zero-order valence-corrected chi connectivity index (χ0v) is 29.7. The van der Waals surface area contributed by atoms with E-state index in [0.717, 1.165) is 72.7 Å². The first kappa shape index (κ1) is 32.9. The maximum absolute atomic E-state index is 13.1. The van der Waals surface area contributed by atoms with Crippen LogP contribution in [0.15, 0.2) is 48.8 Å². The van der Waals surface area contributed by atoms with Crippen LogP contribution in [0, 0.1) is 0 Å². The third kappa shape index (κ3) is 6.57. The lowest BCUT2D eigenvalue weighted by Gasteiger charge is -2.30. The largest absolute Gasteiger partial charge is 0.444 e. The Balaban J connectivity index is 1.07. The van der Waals surface area contributed by atoms with Crippen LogP contribution in [0.1, 0.15) is 109 Å². The number of benzene rings is 2. The van der Waals surface area contributed by atoms with Crippen LogP contribution in [-0.4, -0.2) is 65.7 Å². The molecule has 2 fully saturated rings. The standard InChI is InChI=1S/C39H48N6O4/c1-23-10-19-33(45(23)37(47)49-39(5,6)7)35-41-22-31(43-35)29-18-15-26(27-16-17-28(27)29)24-11-13-25(14-12-24)30-21-40-34(42-30)32-9-8-20-44(32)36(46)48-38(2,3)4/h11-15,18,21-23,32-33H,8-10,16-17,19-20H2,1-7H3,(H,40,42)(H,41,43)/t23-,32-,33-/m0/s1. The second-order valence-electron chi connectivity index (χ2n) is 15.7. The molecule has 1 aliphatic carbocycles. The second kappa shape index (κ2) is 12.4. The fraction of sp³-hybridized carbons (Fsp3) is 0.487. The normalized spacial score (nSPS) is 20.7. The van der Waals surface area contributed by atoms with Crippen molar-refractivity contribution in [1.29, 1.82) is 0 Å². The highest BCUT2D eigenvalue weighted by Gasteiger charge is 2.40. The number of nitrogens with zero attached hydrogens (tertiary/aromatic N) is 4. The van der Waals surface area contributed by atoms with Gasteiger partial charge in [0.1, 0.15) is 22.9 Å². The molecule has 3 atom stereocenters. The Morgan fingerprint density at radius 3 is 1.96 bits per heavy atom. The fourth-order valence-electron chi connectivity index (χ4n) is 7.43. The summed E-state index contributed by atoms with van der Waals surface area (Å²) in [5.41, 5.74) is 7.98. The van der Waals surface area contributed by atoms with Crippen molar-refractivity contribution in [2.24, 2.45) is 0 Å². The smallest absolute Gasteiger partial charge is 0.411 e. The van der Waals surface area contributed by atoms with E-state index in [9.17, 15) is 9.59 Å². The molecule has 49 heavy (non-hydrogen) atoms. The molecule has 3 aliphatic rings. The average molecular weight is 665 g/mol. The van der Waals surface area contributed by atoms with Gasteiger partial charge in [0.05, 0.1) is 23.5 Å². The van der Waals surface area contributed by atoms with Gasteiger partial charge in [0.15, 0.2) is 0 Å². The molecular formula is C39H48N6O4. The third-order valence-electron chi connectivity index (χ3n) is 9.80. The molecule has 2 aliphatic heterocycles. The summed E-state index contributed by atoms with van der Waals surface area (Å²) in [6.07, 6.45) is 8.92. The van der Waals surface area contributed by atoms with E-state index in [1.807, 2.05) is 58.8 Å². The van der Waals surface area contributed by atoms with E-state index in [0.29, 0.717) is 6.54 Å². The van der Waals surface area contributed by atoms with E-state index in [-0.39, 0.29) is 30.3 Å². The maximum Gasteiger partial charge on any atom is 0.411 e. The van der Waals surface area contributed by atoms with Gasteiger partial charge >= 0.3 is 12.2 Å². The van der Waals surface area contributed by atoms with Crippen molar-refractivity contribution in [3.63, 3.8) is 0 Å². The van der Waals surface area contributed by atoms with Gasteiger partial charge < -0.3 is 19.4 Å². The number of hydrogen-bond acceptors (Lipinski definition) is 6. The third-order valence-corrected chi connectivity index (χ3v) is 9.80. The second-order valence-corrected chi connectivity index (χ2v) is 15.7. The van der Waals surface area contributed by atoms with Crippen molar-refractivity contribution in [2.45, 2.75) is 116 Å². The molecule has 2 amide bonds. The molecule has 4 aromatic rings. The minimum atomic E-state index is -0.548. The van der Waals surface area contributed by atoms with Crippen LogP contribution in [0.4, 0.5) is 9.59 Å². The zero-order chi connectivity index (χ0) is 34.7. The fourth-order valence-corrected chi connectivity index (χ4v) is 7.43. The SMILES string of the molecule is C[C@H]1CC[C@@H](c2nc(-c3ccc(-c4ccc(-c5c[nH]c([C@@H]6CCCN6C(=O)OC(C)(C)C)n5)cc4)c4c3CC4)c[nH]2)N1C(=O)OC(C)(C)C. The zero-order valence-electron chi connectivity index (χ0n) is 29.7. The van der Waals surface area contributed by atoms with Gasteiger partial charge in [0.25, 0.3) is 0 Å². The van der Waals surface area contributed by atoms with Crippen molar-refractivity contribution < 1.29 is 19.1 Å². The first-order valence-electron chi connectivity index (χ1n) is 17.6. The summed E-state index contributed by atoms with van der Waals surface area (Å²) < 4.78 is 11.4. The lowest BCUT2D eigenvalue weighted by atomic mass is 9.79. The number of H-pyrrole nitrogens is 2. The molecule has 2 aromatic heterocycles. The molecule has 0 spiro atoms. The number of aromatic amines is 2. The van der Waals surface area contributed by atoms with Crippen molar-refractivity contribution in [3.8, 4) is 33.6 Å². The number of fused-ring (bicyclic) bond motifs is 1. The number of likely N-dealkylation sites (tertiary alicyclic amines) is 2. The number of amides is 2. The van der Waals surface area contributed by atoms with Crippen LogP contribution >= 0.6 is 0 Å². The highest BCUT2D eigenvalue weighted by atomic mass is 16.6. The van der Waals surface area contributed by atoms with Crippen LogP contribution in [0.5, 0.6) is 0 Å². The number of carbonyl (C=O) groups is 2. The average Bonchev–Trinajstić information content (AvgIpc) is 3.82. The summed E-state index contributed by atoms with van der Waals surface area (Å²) in [5.74, 6) is 1.60. The van der Waals surface area contributed by atoms with Gasteiger partial charge in [0.2, 0.25) is 0 Å². The van der Waals surface area contributed by atoms with Gasteiger partial charge in [-0.05, 0) is 109 Å². The quantitative estimate of drug-likeness (QED) is 0.220. The number of rotatable bonds is 5. The first-order valence-corrected chi connectivity index (χ1v) is 17.6. The van der Waals surface area contributed by atoms with E-state index in [1.165, 1.54) is 22.3 Å². The molecular weight excluding hydrogens is 616 g/mol. The highest BCUT2D eigenvalue weighted by molar-refractivity contribution is 5.79. The summed E-state index contributed by atoms with van der Waals surface area (Å²) in [7, 11) is 0. The van der Waals surface area contributed by atoms with Crippen molar-refractivity contribution >= 4 is 12.2 Å². The van der Waals surface area contributed by atoms with E-state index < -0.39 is 11.2 Å². The van der Waals surface area contributed by atoms with Gasteiger partial charge in [-0.2, -0.15) is 0 Å². The summed E-state index contributed by atoms with van der Waals surface area (Å²) in [6, 6.07) is 12.8. The topological polar surface area (TPSA) is 116 Å². The Kier molecular flexibility index (Phi) is 8.32. The van der Waals surface area contributed by atoms with Crippen LogP contribution in [0.2, 0.25) is 0 Å². The predicted octanol–water partition coefficient (Wildman–Crippen LogP) is 8.76. The van der Waals surface area contributed by atoms with Gasteiger partial charge in [0, 0.05) is 36.1 Å². The minimum absolute atomic E-state index is 0.0945. The first-order chi connectivity index (χ1) is 23.3. The molecule has 7 rings (SSSR count). The van der Waals surface area contributed by atoms with Gasteiger partial charge in [-0.25, -0.2) is 19.6 Å².